The molecule has 0 aliphatic rings. The summed E-state index contributed by atoms with van der Waals surface area (Å²) in [5.41, 5.74) is 1.31. The van der Waals surface area contributed by atoms with Crippen LogP contribution >= 0.6 is 0 Å². The average Bonchev–Trinajstić information content (AvgIpc) is 2.56. The van der Waals surface area contributed by atoms with Crippen LogP contribution < -0.4 is 0 Å². The van der Waals surface area contributed by atoms with E-state index >= 15 is 0 Å². The van der Waals surface area contributed by atoms with Gasteiger partial charge in [0.25, 0.3) is 0 Å². The van der Waals surface area contributed by atoms with Crippen LogP contribution in [0.3, 0.4) is 0 Å². The molecule has 1 rings (SSSR count). The summed E-state index contributed by atoms with van der Waals surface area (Å²) in [6.45, 7) is 11.4. The number of esters is 1. The predicted octanol–water partition coefficient (Wildman–Crippen LogP) is 3.87. The van der Waals surface area contributed by atoms with Crippen LogP contribution in [0, 0.1) is 5.82 Å². The van der Waals surface area contributed by atoms with E-state index in [0.29, 0.717) is 23.5 Å². The van der Waals surface area contributed by atoms with Crippen LogP contribution in [0.4, 0.5) is 4.39 Å². The minimum atomic E-state index is -0.499. The van der Waals surface area contributed by atoms with E-state index in [-0.39, 0.29) is 18.0 Å². The maximum atomic E-state index is 13.9. The zero-order chi connectivity index (χ0) is 18.1. The molecule has 0 bridgehead atoms. The fourth-order valence-electron chi connectivity index (χ4n) is 2.07. The van der Waals surface area contributed by atoms with E-state index in [4.69, 9.17) is 4.74 Å². The summed E-state index contributed by atoms with van der Waals surface area (Å²) in [5.74, 6) is -0.296. The Bertz CT molecular complexity index is 678. The smallest absolute Gasteiger partial charge is 0.337 e. The van der Waals surface area contributed by atoms with E-state index in [1.165, 1.54) is 18.4 Å². The summed E-state index contributed by atoms with van der Waals surface area (Å²) in [4.78, 5) is 17.9. The molecule has 0 aromatic heterocycles. The van der Waals surface area contributed by atoms with Gasteiger partial charge in [-0.3, -0.25) is 0 Å². The second kappa shape index (κ2) is 9.45. The zero-order valence-corrected chi connectivity index (χ0v) is 14.4. The van der Waals surface area contributed by atoms with E-state index in [0.717, 1.165) is 0 Å². The predicted molar refractivity (Wildman–Crippen MR) is 95.0 cm³/mol. The molecule has 128 valence electrons. The van der Waals surface area contributed by atoms with E-state index in [9.17, 15) is 9.18 Å². The molecule has 0 heterocycles. The Morgan fingerprint density at radius 3 is 2.67 bits per heavy atom. The van der Waals surface area contributed by atoms with Gasteiger partial charge in [-0.05, 0) is 19.9 Å². The Kier molecular flexibility index (Phi) is 7.62. The number of carbonyl (C=O) groups excluding carboxylic acids is 1. The SMILES string of the molecule is C=C/C=N\C(=C(/C)C(=C)C(=O)OCC)N(C)Cc1ccccc1F. The Labute approximate surface area is 142 Å². The number of hydrogen-bond acceptors (Lipinski definition) is 4. The Balaban J connectivity index is 3.15. The van der Waals surface area contributed by atoms with Crippen LogP contribution in [-0.4, -0.2) is 30.7 Å². The number of nitrogens with zero attached hydrogens (tertiary/aromatic N) is 2. The molecule has 0 spiro atoms. The third-order valence-corrected chi connectivity index (χ3v) is 3.34. The second-order valence-electron chi connectivity index (χ2n) is 5.11. The molecule has 0 amide bonds. The Morgan fingerprint density at radius 2 is 2.08 bits per heavy atom. The summed E-state index contributed by atoms with van der Waals surface area (Å²) in [6, 6.07) is 6.52. The Morgan fingerprint density at radius 1 is 1.42 bits per heavy atom. The standard InChI is InChI=1S/C19H23FN2O2/c1-6-12-21-18(14(3)15(4)19(23)24-7-2)22(5)13-16-10-8-9-11-17(16)20/h6,8-12H,1,4,7,13H2,2-3,5H3/b18-14-,21-12-. The minimum absolute atomic E-state index is 0.216. The summed E-state index contributed by atoms with van der Waals surface area (Å²) in [7, 11) is 1.77. The van der Waals surface area contributed by atoms with Gasteiger partial charge < -0.3 is 9.64 Å². The van der Waals surface area contributed by atoms with Gasteiger partial charge in [0, 0.05) is 30.9 Å². The number of rotatable bonds is 8. The first-order valence-corrected chi connectivity index (χ1v) is 7.59. The summed E-state index contributed by atoms with van der Waals surface area (Å²) in [5, 5.41) is 0. The molecule has 0 atom stereocenters. The molecular weight excluding hydrogens is 307 g/mol. The topological polar surface area (TPSA) is 41.9 Å². The second-order valence-corrected chi connectivity index (χ2v) is 5.11. The lowest BCUT2D eigenvalue weighted by atomic mass is 10.1. The van der Waals surface area contributed by atoms with Crippen LogP contribution in [0.5, 0.6) is 0 Å². The summed E-state index contributed by atoms with van der Waals surface area (Å²) >= 11 is 0. The molecule has 5 heteroatoms. The van der Waals surface area contributed by atoms with Crippen LogP contribution in [0.1, 0.15) is 19.4 Å². The number of benzene rings is 1. The number of hydrogen-bond donors (Lipinski definition) is 0. The van der Waals surface area contributed by atoms with Gasteiger partial charge in [0.1, 0.15) is 11.6 Å². The van der Waals surface area contributed by atoms with Gasteiger partial charge in [0.15, 0.2) is 0 Å². The van der Waals surface area contributed by atoms with E-state index in [1.54, 1.807) is 44.0 Å². The third-order valence-electron chi connectivity index (χ3n) is 3.34. The molecule has 0 N–H and O–H groups in total. The lowest BCUT2D eigenvalue weighted by molar-refractivity contribution is -0.138. The van der Waals surface area contributed by atoms with E-state index < -0.39 is 5.97 Å². The van der Waals surface area contributed by atoms with Crippen molar-refractivity contribution < 1.29 is 13.9 Å². The van der Waals surface area contributed by atoms with Crippen LogP contribution in [0.15, 0.2) is 65.5 Å². The van der Waals surface area contributed by atoms with Crippen LogP contribution in [0.25, 0.3) is 0 Å². The van der Waals surface area contributed by atoms with Crippen LogP contribution in [0.2, 0.25) is 0 Å². The molecule has 24 heavy (non-hydrogen) atoms. The molecule has 0 aliphatic heterocycles. The number of halogens is 1. The van der Waals surface area contributed by atoms with E-state index in [2.05, 4.69) is 18.2 Å². The highest BCUT2D eigenvalue weighted by Crippen LogP contribution is 2.20. The first-order chi connectivity index (χ1) is 11.4. The largest absolute Gasteiger partial charge is 0.462 e. The van der Waals surface area contributed by atoms with Crippen molar-refractivity contribution in [2.24, 2.45) is 4.99 Å². The van der Waals surface area contributed by atoms with Crippen molar-refractivity contribution in [3.63, 3.8) is 0 Å². The number of ether oxygens (including phenoxy) is 1. The van der Waals surface area contributed by atoms with Crippen LogP contribution in [-0.2, 0) is 16.1 Å². The molecule has 1 aromatic rings. The molecule has 0 saturated carbocycles. The highest BCUT2D eigenvalue weighted by molar-refractivity contribution is 5.92. The molecule has 4 nitrogen and oxygen atoms in total. The highest BCUT2D eigenvalue weighted by Gasteiger charge is 2.17. The zero-order valence-electron chi connectivity index (χ0n) is 14.4. The average molecular weight is 330 g/mol. The van der Waals surface area contributed by atoms with Gasteiger partial charge in [-0.15, -0.1) is 0 Å². The highest BCUT2D eigenvalue weighted by atomic mass is 19.1. The number of carbonyl (C=O) groups is 1. The number of allylic oxidation sites excluding steroid dienone is 1. The van der Waals surface area contributed by atoms with Crippen molar-refractivity contribution in [2.75, 3.05) is 13.7 Å². The van der Waals surface area contributed by atoms with Crippen molar-refractivity contribution in [1.82, 2.24) is 4.90 Å². The monoisotopic (exact) mass is 330 g/mol. The molecular formula is C19H23FN2O2. The van der Waals surface area contributed by atoms with Gasteiger partial charge in [-0.1, -0.05) is 37.4 Å². The van der Waals surface area contributed by atoms with Gasteiger partial charge >= 0.3 is 5.97 Å². The molecule has 0 unspecified atom stereocenters. The fourth-order valence-corrected chi connectivity index (χ4v) is 2.07. The van der Waals surface area contributed by atoms with Crippen molar-refractivity contribution in [3.8, 4) is 0 Å². The molecule has 0 radical (unpaired) electrons. The van der Waals surface area contributed by atoms with Gasteiger partial charge in [-0.2, -0.15) is 0 Å². The van der Waals surface area contributed by atoms with Crippen molar-refractivity contribution in [1.29, 1.82) is 0 Å². The lowest BCUT2D eigenvalue weighted by Crippen LogP contribution is -2.20. The maximum Gasteiger partial charge on any atom is 0.337 e. The minimum Gasteiger partial charge on any atom is -0.462 e. The van der Waals surface area contributed by atoms with Crippen molar-refractivity contribution in [3.05, 3.63) is 71.8 Å². The van der Waals surface area contributed by atoms with Gasteiger partial charge in [-0.25, -0.2) is 14.2 Å². The molecule has 0 aliphatic carbocycles. The Hall–Kier alpha value is -2.69. The summed E-state index contributed by atoms with van der Waals surface area (Å²) < 4.78 is 18.8. The fraction of sp³-hybridized carbons (Fsp3) is 0.263. The third kappa shape index (κ3) is 5.19. The molecule has 1 aromatic carbocycles. The van der Waals surface area contributed by atoms with Gasteiger partial charge in [0.05, 0.1) is 12.2 Å². The van der Waals surface area contributed by atoms with Crippen molar-refractivity contribution >= 4 is 12.2 Å². The quantitative estimate of drug-likeness (QED) is 0.314. The maximum absolute atomic E-state index is 13.9. The molecule has 0 fully saturated rings. The first kappa shape index (κ1) is 19.4. The summed E-state index contributed by atoms with van der Waals surface area (Å²) in [6.07, 6.45) is 3.03. The number of aliphatic imine (C=N–C) groups is 1. The van der Waals surface area contributed by atoms with Crippen molar-refractivity contribution in [2.45, 2.75) is 20.4 Å². The lowest BCUT2D eigenvalue weighted by Gasteiger charge is -2.22. The normalized spacial score (nSPS) is 11.8. The first-order valence-electron chi connectivity index (χ1n) is 7.59. The van der Waals surface area contributed by atoms with Gasteiger partial charge in [0.2, 0.25) is 0 Å². The molecule has 0 saturated heterocycles. The van der Waals surface area contributed by atoms with E-state index in [1.807, 2.05) is 0 Å².